The Morgan fingerprint density at radius 2 is 2.14 bits per heavy atom. The van der Waals surface area contributed by atoms with Gasteiger partial charge in [0.15, 0.2) is 0 Å². The normalized spacial score (nSPS) is 12.4. The van der Waals surface area contributed by atoms with Crippen LogP contribution in [0.4, 0.5) is 0 Å². The van der Waals surface area contributed by atoms with Gasteiger partial charge in [-0.25, -0.2) is 9.67 Å². The van der Waals surface area contributed by atoms with Crippen molar-refractivity contribution >= 4 is 5.91 Å². The molecule has 6 heteroatoms. The molecule has 1 aromatic heterocycles. The summed E-state index contributed by atoms with van der Waals surface area (Å²) < 4.78 is 1.59. The number of rotatable bonds is 7. The number of amides is 1. The van der Waals surface area contributed by atoms with E-state index < -0.39 is 6.10 Å². The van der Waals surface area contributed by atoms with E-state index >= 15 is 0 Å². The molecule has 0 radical (unpaired) electrons. The van der Waals surface area contributed by atoms with E-state index in [1.54, 1.807) is 29.2 Å². The fraction of sp³-hybridized carbons (Fsp3) is 0.438. The van der Waals surface area contributed by atoms with Crippen molar-refractivity contribution in [1.29, 1.82) is 0 Å². The molecule has 1 atom stereocenters. The first-order valence-electron chi connectivity index (χ1n) is 7.57. The van der Waals surface area contributed by atoms with Crippen molar-refractivity contribution in [2.75, 3.05) is 6.54 Å². The van der Waals surface area contributed by atoms with Crippen molar-refractivity contribution in [2.24, 2.45) is 5.92 Å². The molecule has 0 aliphatic carbocycles. The maximum absolute atomic E-state index is 12.2. The topological polar surface area (TPSA) is 80.0 Å². The van der Waals surface area contributed by atoms with Crippen molar-refractivity contribution in [3.63, 3.8) is 0 Å². The summed E-state index contributed by atoms with van der Waals surface area (Å²) >= 11 is 0. The number of carbonyl (C=O) groups is 1. The zero-order chi connectivity index (χ0) is 15.9. The molecule has 0 fully saturated rings. The Hall–Kier alpha value is -2.21. The molecule has 0 saturated carbocycles. The van der Waals surface area contributed by atoms with Crippen molar-refractivity contribution in [3.8, 4) is 5.69 Å². The van der Waals surface area contributed by atoms with Gasteiger partial charge in [0.05, 0.1) is 11.8 Å². The second kappa shape index (κ2) is 7.70. The molecule has 22 heavy (non-hydrogen) atoms. The summed E-state index contributed by atoms with van der Waals surface area (Å²) in [4.78, 5) is 16.1. The van der Waals surface area contributed by atoms with Gasteiger partial charge in [-0.3, -0.25) is 4.79 Å². The molecule has 2 aromatic rings. The van der Waals surface area contributed by atoms with Crippen molar-refractivity contribution in [1.82, 2.24) is 20.1 Å². The highest BCUT2D eigenvalue weighted by Crippen LogP contribution is 2.13. The number of nitrogens with zero attached hydrogens (tertiary/aromatic N) is 3. The lowest BCUT2D eigenvalue weighted by Crippen LogP contribution is -2.36. The van der Waals surface area contributed by atoms with E-state index in [-0.39, 0.29) is 18.4 Å². The molecule has 0 aliphatic heterocycles. The highest BCUT2D eigenvalue weighted by Gasteiger charge is 2.16. The molecule has 118 valence electrons. The van der Waals surface area contributed by atoms with Gasteiger partial charge in [-0.15, -0.1) is 0 Å². The molecule has 1 aromatic carbocycles. The van der Waals surface area contributed by atoms with Crippen LogP contribution in [0.15, 0.2) is 36.9 Å². The van der Waals surface area contributed by atoms with Gasteiger partial charge in [-0.1, -0.05) is 32.8 Å². The smallest absolute Gasteiger partial charge is 0.251 e. The van der Waals surface area contributed by atoms with Crippen LogP contribution in [0.25, 0.3) is 5.69 Å². The van der Waals surface area contributed by atoms with Gasteiger partial charge in [0, 0.05) is 12.1 Å². The van der Waals surface area contributed by atoms with Crippen LogP contribution in [-0.2, 0) is 0 Å². The summed E-state index contributed by atoms with van der Waals surface area (Å²) in [7, 11) is 0. The number of aliphatic hydroxyl groups excluding tert-OH is 1. The molecule has 0 aliphatic rings. The number of carbonyl (C=O) groups excluding carboxylic acids is 1. The average Bonchev–Trinajstić information content (AvgIpc) is 3.08. The summed E-state index contributed by atoms with van der Waals surface area (Å²) in [5, 5.41) is 16.9. The highest BCUT2D eigenvalue weighted by molar-refractivity contribution is 5.94. The standard InChI is InChI=1S/C16H22N4O2/c1-3-12(4-2)15(21)9-18-16(22)13-6-5-7-14(8-13)20-11-17-10-19-20/h5-8,10-12,15,21H,3-4,9H2,1-2H3,(H,18,22). The van der Waals surface area contributed by atoms with Crippen LogP contribution in [0.1, 0.15) is 37.0 Å². The zero-order valence-corrected chi connectivity index (χ0v) is 12.9. The third-order valence-corrected chi connectivity index (χ3v) is 3.86. The second-order valence-electron chi connectivity index (χ2n) is 5.24. The van der Waals surface area contributed by atoms with Gasteiger partial charge in [-0.2, -0.15) is 5.10 Å². The van der Waals surface area contributed by atoms with Gasteiger partial charge in [0.2, 0.25) is 0 Å². The molecule has 1 unspecified atom stereocenters. The Labute approximate surface area is 130 Å². The Morgan fingerprint density at radius 1 is 1.36 bits per heavy atom. The van der Waals surface area contributed by atoms with Crippen LogP contribution in [0, 0.1) is 5.92 Å². The summed E-state index contributed by atoms with van der Waals surface area (Å²) in [5.41, 5.74) is 1.30. The quantitative estimate of drug-likeness (QED) is 0.817. The Bertz CT molecular complexity index is 594. The predicted octanol–water partition coefficient (Wildman–Crippen LogP) is 1.79. The van der Waals surface area contributed by atoms with E-state index in [4.69, 9.17) is 0 Å². The van der Waals surface area contributed by atoms with Gasteiger partial charge >= 0.3 is 0 Å². The molecule has 1 amide bonds. The van der Waals surface area contributed by atoms with E-state index in [9.17, 15) is 9.90 Å². The van der Waals surface area contributed by atoms with Crippen molar-refractivity contribution in [2.45, 2.75) is 32.8 Å². The average molecular weight is 302 g/mol. The van der Waals surface area contributed by atoms with E-state index in [0.717, 1.165) is 18.5 Å². The predicted molar refractivity (Wildman–Crippen MR) is 83.8 cm³/mol. The lowest BCUT2D eigenvalue weighted by Gasteiger charge is -2.20. The fourth-order valence-electron chi connectivity index (χ4n) is 2.43. The van der Waals surface area contributed by atoms with Crippen LogP contribution >= 0.6 is 0 Å². The molecular formula is C16H22N4O2. The summed E-state index contributed by atoms with van der Waals surface area (Å²) in [6, 6.07) is 7.13. The molecule has 2 rings (SSSR count). The number of nitrogens with one attached hydrogen (secondary N) is 1. The molecule has 2 N–H and O–H groups in total. The lowest BCUT2D eigenvalue weighted by atomic mass is 9.96. The molecule has 0 spiro atoms. The molecular weight excluding hydrogens is 280 g/mol. The first kappa shape index (κ1) is 16.2. The molecule has 0 saturated heterocycles. The van der Waals surface area contributed by atoms with Crippen LogP contribution in [0.2, 0.25) is 0 Å². The maximum Gasteiger partial charge on any atom is 0.251 e. The number of aromatic nitrogens is 3. The first-order valence-corrected chi connectivity index (χ1v) is 7.57. The number of aliphatic hydroxyl groups is 1. The van der Waals surface area contributed by atoms with Crippen LogP contribution in [-0.4, -0.2) is 38.4 Å². The minimum Gasteiger partial charge on any atom is -0.391 e. The SMILES string of the molecule is CCC(CC)C(O)CNC(=O)c1cccc(-n2cncn2)c1. The minimum atomic E-state index is -0.516. The van der Waals surface area contributed by atoms with Crippen molar-refractivity contribution in [3.05, 3.63) is 42.5 Å². The van der Waals surface area contributed by atoms with E-state index in [0.29, 0.717) is 5.56 Å². The lowest BCUT2D eigenvalue weighted by molar-refractivity contribution is 0.0816. The third-order valence-electron chi connectivity index (χ3n) is 3.86. The third kappa shape index (κ3) is 3.92. The molecule has 1 heterocycles. The summed E-state index contributed by atoms with van der Waals surface area (Å²) in [6.07, 6.45) is 4.30. The van der Waals surface area contributed by atoms with Gasteiger partial charge in [0.1, 0.15) is 12.7 Å². The highest BCUT2D eigenvalue weighted by atomic mass is 16.3. The number of benzene rings is 1. The Balaban J connectivity index is 2.00. The minimum absolute atomic E-state index is 0.202. The number of hydrogen-bond acceptors (Lipinski definition) is 4. The van der Waals surface area contributed by atoms with Gasteiger partial charge in [-0.05, 0) is 24.1 Å². The largest absolute Gasteiger partial charge is 0.391 e. The zero-order valence-electron chi connectivity index (χ0n) is 12.9. The van der Waals surface area contributed by atoms with E-state index in [1.807, 2.05) is 19.9 Å². The monoisotopic (exact) mass is 302 g/mol. The Morgan fingerprint density at radius 3 is 2.77 bits per heavy atom. The first-order chi connectivity index (χ1) is 10.7. The second-order valence-corrected chi connectivity index (χ2v) is 5.24. The molecule has 6 nitrogen and oxygen atoms in total. The van der Waals surface area contributed by atoms with E-state index in [1.165, 1.54) is 6.33 Å². The van der Waals surface area contributed by atoms with E-state index in [2.05, 4.69) is 15.4 Å². The van der Waals surface area contributed by atoms with Gasteiger partial charge < -0.3 is 10.4 Å². The maximum atomic E-state index is 12.2. The van der Waals surface area contributed by atoms with Crippen LogP contribution in [0.3, 0.4) is 0 Å². The molecule has 0 bridgehead atoms. The number of hydrogen-bond donors (Lipinski definition) is 2. The summed E-state index contributed by atoms with van der Waals surface area (Å²) in [5.74, 6) is 0.00811. The fourth-order valence-corrected chi connectivity index (χ4v) is 2.43. The van der Waals surface area contributed by atoms with Gasteiger partial charge in [0.25, 0.3) is 5.91 Å². The van der Waals surface area contributed by atoms with Crippen molar-refractivity contribution < 1.29 is 9.90 Å². The summed E-state index contributed by atoms with van der Waals surface area (Å²) in [6.45, 7) is 4.35. The van der Waals surface area contributed by atoms with Crippen LogP contribution < -0.4 is 5.32 Å². The Kier molecular flexibility index (Phi) is 5.66. The van der Waals surface area contributed by atoms with Crippen LogP contribution in [0.5, 0.6) is 0 Å².